The Morgan fingerprint density at radius 3 is 2.45 bits per heavy atom. The minimum absolute atomic E-state index is 0.179. The quantitative estimate of drug-likeness (QED) is 0.141. The summed E-state index contributed by atoms with van der Waals surface area (Å²) in [5, 5.41) is 0.650. The molecule has 5 aromatic rings. The van der Waals surface area contributed by atoms with E-state index in [4.69, 9.17) is 30.8 Å². The molecule has 0 aliphatic carbocycles. The van der Waals surface area contributed by atoms with Crippen molar-refractivity contribution in [3.63, 3.8) is 0 Å². The number of halogens is 2. The highest BCUT2D eigenvalue weighted by atomic mass is 79.9. The van der Waals surface area contributed by atoms with E-state index in [1.54, 1.807) is 11.5 Å². The number of hydrogen-bond acceptors (Lipinski definition) is 7. The molecule has 1 aliphatic heterocycles. The third kappa shape index (κ3) is 7.12. The van der Waals surface area contributed by atoms with E-state index in [1.165, 1.54) is 11.3 Å². The van der Waals surface area contributed by atoms with Gasteiger partial charge in [-0.3, -0.25) is 9.36 Å². The number of carbonyl (C=O) groups excluding carboxylic acids is 1. The average Bonchev–Trinajstić information content (AvgIpc) is 3.38. The molecule has 0 saturated heterocycles. The van der Waals surface area contributed by atoms with Crippen LogP contribution >= 0.6 is 38.9 Å². The highest BCUT2D eigenvalue weighted by Gasteiger charge is 2.35. The van der Waals surface area contributed by atoms with Gasteiger partial charge >= 0.3 is 5.97 Å². The Hall–Kier alpha value is -4.44. The van der Waals surface area contributed by atoms with Gasteiger partial charge in [0.25, 0.3) is 5.56 Å². The second-order valence-electron chi connectivity index (χ2n) is 10.5. The minimum Gasteiger partial charge on any atom is -0.494 e. The van der Waals surface area contributed by atoms with Crippen LogP contribution in [0, 0.1) is 0 Å². The van der Waals surface area contributed by atoms with Crippen LogP contribution in [0.4, 0.5) is 0 Å². The molecule has 1 aromatic heterocycles. The van der Waals surface area contributed by atoms with Crippen LogP contribution in [0.2, 0.25) is 5.02 Å². The zero-order valence-corrected chi connectivity index (χ0v) is 28.8. The van der Waals surface area contributed by atoms with Crippen molar-refractivity contribution in [3.05, 3.63) is 154 Å². The molecule has 10 heteroatoms. The second kappa shape index (κ2) is 14.5. The van der Waals surface area contributed by atoms with Crippen LogP contribution in [-0.4, -0.2) is 23.8 Å². The Kier molecular flexibility index (Phi) is 10.1. The fourth-order valence-electron chi connectivity index (χ4n) is 5.33. The first-order valence-corrected chi connectivity index (χ1v) is 17.0. The molecule has 0 N–H and O–H groups in total. The Morgan fingerprint density at radius 1 is 0.957 bits per heavy atom. The number of carbonyl (C=O) groups is 1. The van der Waals surface area contributed by atoms with Gasteiger partial charge in [-0.2, -0.15) is 0 Å². The van der Waals surface area contributed by atoms with Gasteiger partial charge < -0.3 is 14.2 Å². The van der Waals surface area contributed by atoms with Crippen LogP contribution in [0.15, 0.2) is 117 Å². The summed E-state index contributed by atoms with van der Waals surface area (Å²) in [7, 11) is 0. The lowest BCUT2D eigenvalue weighted by molar-refractivity contribution is -0.138. The number of ether oxygens (including phenoxy) is 3. The van der Waals surface area contributed by atoms with Gasteiger partial charge in [0, 0.05) is 10.6 Å². The van der Waals surface area contributed by atoms with E-state index in [-0.39, 0.29) is 12.2 Å². The Labute approximate surface area is 289 Å². The van der Waals surface area contributed by atoms with Crippen molar-refractivity contribution in [1.29, 1.82) is 0 Å². The smallest absolute Gasteiger partial charge is 0.338 e. The molecule has 0 fully saturated rings. The molecule has 0 unspecified atom stereocenters. The maximum absolute atomic E-state index is 14.2. The lowest BCUT2D eigenvalue weighted by Crippen LogP contribution is -2.40. The van der Waals surface area contributed by atoms with Crippen molar-refractivity contribution in [3.8, 4) is 11.5 Å². The van der Waals surface area contributed by atoms with Gasteiger partial charge in [0.2, 0.25) is 0 Å². The van der Waals surface area contributed by atoms with Crippen LogP contribution < -0.4 is 24.4 Å². The number of fused-ring (bicyclic) bond motifs is 1. The molecule has 1 aliphatic rings. The normalized spacial score (nSPS) is 14.4. The SMILES string of the molecule is CCOC(=O)C1=C(c2ccccc2)N=c2s/c(=C\c3ccc(OCc4cccc(Cl)c4)c(Br)c3)c(=O)n2[C@H]1c1ccc(OCC)cc1. The molecule has 2 heterocycles. The number of benzene rings is 4. The van der Waals surface area contributed by atoms with Gasteiger partial charge in [-0.25, -0.2) is 9.79 Å². The zero-order chi connectivity index (χ0) is 32.9. The summed E-state index contributed by atoms with van der Waals surface area (Å²) in [4.78, 5) is 33.3. The van der Waals surface area contributed by atoms with E-state index >= 15 is 0 Å². The number of aromatic nitrogens is 1. The maximum atomic E-state index is 14.2. The first-order valence-electron chi connectivity index (χ1n) is 15.0. The molecule has 1 atom stereocenters. The molecule has 47 heavy (non-hydrogen) atoms. The molecule has 0 amide bonds. The number of rotatable bonds is 10. The highest BCUT2D eigenvalue weighted by Crippen LogP contribution is 2.36. The topological polar surface area (TPSA) is 79.1 Å². The van der Waals surface area contributed by atoms with Gasteiger partial charge in [-0.1, -0.05) is 83.6 Å². The molecule has 0 bridgehead atoms. The zero-order valence-electron chi connectivity index (χ0n) is 25.6. The van der Waals surface area contributed by atoms with E-state index in [0.29, 0.717) is 50.3 Å². The van der Waals surface area contributed by atoms with Crippen molar-refractivity contribution in [1.82, 2.24) is 4.57 Å². The first-order chi connectivity index (χ1) is 22.9. The van der Waals surface area contributed by atoms with Crippen molar-refractivity contribution >= 4 is 56.6 Å². The first kappa shape index (κ1) is 32.5. The molecule has 4 aromatic carbocycles. The summed E-state index contributed by atoms with van der Waals surface area (Å²) in [5.74, 6) is 0.824. The average molecular weight is 730 g/mol. The molecule has 0 radical (unpaired) electrons. The van der Waals surface area contributed by atoms with E-state index in [9.17, 15) is 9.59 Å². The van der Waals surface area contributed by atoms with Crippen LogP contribution in [0.5, 0.6) is 11.5 Å². The number of esters is 1. The fourth-order valence-corrected chi connectivity index (χ4v) is 7.06. The summed E-state index contributed by atoms with van der Waals surface area (Å²) >= 11 is 11.0. The second-order valence-corrected chi connectivity index (χ2v) is 12.8. The fraction of sp³-hybridized carbons (Fsp3) is 0.162. The van der Waals surface area contributed by atoms with Gasteiger partial charge in [-0.15, -0.1) is 0 Å². The molecular formula is C37H30BrClN2O5S. The van der Waals surface area contributed by atoms with E-state index in [2.05, 4.69) is 15.9 Å². The monoisotopic (exact) mass is 728 g/mol. The maximum Gasteiger partial charge on any atom is 0.338 e. The van der Waals surface area contributed by atoms with Crippen molar-refractivity contribution in [2.45, 2.75) is 26.5 Å². The molecule has 7 nitrogen and oxygen atoms in total. The predicted molar refractivity (Wildman–Crippen MR) is 189 cm³/mol. The largest absolute Gasteiger partial charge is 0.494 e. The lowest BCUT2D eigenvalue weighted by atomic mass is 9.93. The third-order valence-corrected chi connectivity index (χ3v) is 9.26. The lowest BCUT2D eigenvalue weighted by Gasteiger charge is -2.26. The van der Waals surface area contributed by atoms with Crippen LogP contribution in [0.25, 0.3) is 11.8 Å². The van der Waals surface area contributed by atoms with Gasteiger partial charge in [-0.05, 0) is 88.9 Å². The van der Waals surface area contributed by atoms with Crippen LogP contribution in [-0.2, 0) is 16.1 Å². The standard InChI is InChI=1S/C37H30BrClN2O5S/c1-3-44-28-16-14-26(15-17-28)34-32(36(43)45-4-2)33(25-10-6-5-7-11-25)40-37-41(34)35(42)31(47-37)21-23-13-18-30(29(38)20-23)46-22-24-9-8-12-27(39)19-24/h5-21,34H,3-4,22H2,1-2H3/b31-21-/t34-/m0/s1. The summed E-state index contributed by atoms with van der Waals surface area (Å²) in [6.07, 6.45) is 1.82. The summed E-state index contributed by atoms with van der Waals surface area (Å²) in [6.45, 7) is 4.73. The van der Waals surface area contributed by atoms with Gasteiger partial charge in [0.05, 0.1) is 39.5 Å². The minimum atomic E-state index is -0.771. The van der Waals surface area contributed by atoms with Gasteiger partial charge in [0.15, 0.2) is 4.80 Å². The van der Waals surface area contributed by atoms with Crippen LogP contribution in [0.3, 0.4) is 0 Å². The van der Waals surface area contributed by atoms with E-state index in [1.807, 2.05) is 110 Å². The van der Waals surface area contributed by atoms with E-state index < -0.39 is 12.0 Å². The number of hydrogen-bond donors (Lipinski definition) is 0. The Morgan fingerprint density at radius 2 is 1.74 bits per heavy atom. The van der Waals surface area contributed by atoms with Crippen molar-refractivity contribution in [2.75, 3.05) is 13.2 Å². The Bertz CT molecular complexity index is 2140. The Balaban J connectivity index is 1.45. The summed E-state index contributed by atoms with van der Waals surface area (Å²) in [6, 6.07) is 29.3. The molecule has 0 saturated carbocycles. The summed E-state index contributed by atoms with van der Waals surface area (Å²) in [5.41, 5.74) is 3.73. The van der Waals surface area contributed by atoms with E-state index in [0.717, 1.165) is 26.7 Å². The third-order valence-electron chi connectivity index (χ3n) is 7.42. The van der Waals surface area contributed by atoms with Gasteiger partial charge in [0.1, 0.15) is 18.1 Å². The van der Waals surface area contributed by atoms with Crippen molar-refractivity contribution < 1.29 is 19.0 Å². The predicted octanol–water partition coefficient (Wildman–Crippen LogP) is 7.33. The summed E-state index contributed by atoms with van der Waals surface area (Å²) < 4.78 is 20.0. The van der Waals surface area contributed by atoms with Crippen molar-refractivity contribution in [2.24, 2.45) is 4.99 Å². The highest BCUT2D eigenvalue weighted by molar-refractivity contribution is 9.10. The number of nitrogens with zero attached hydrogens (tertiary/aromatic N) is 2. The molecule has 0 spiro atoms. The number of thiazole rings is 1. The molecular weight excluding hydrogens is 700 g/mol. The molecule has 238 valence electrons. The molecule has 6 rings (SSSR count). The van der Waals surface area contributed by atoms with Crippen LogP contribution in [0.1, 0.15) is 42.1 Å².